The van der Waals surface area contributed by atoms with E-state index in [1.807, 2.05) is 27.7 Å². The molecule has 0 heterocycles. The molecule has 0 spiro atoms. The molecule has 1 amide bonds. The highest BCUT2D eigenvalue weighted by molar-refractivity contribution is 5.68. The smallest absolute Gasteiger partial charge is 0.407 e. The minimum absolute atomic E-state index is 0.308. The monoisotopic (exact) mass is 366 g/mol. The fourth-order valence-electron chi connectivity index (χ4n) is 3.68. The second-order valence-electron chi connectivity index (χ2n) is 8.91. The number of ether oxygens (including phenoxy) is 2. The van der Waals surface area contributed by atoms with Crippen LogP contribution < -0.4 is 11.1 Å². The highest BCUT2D eigenvalue weighted by Gasteiger charge is 2.49. The predicted octanol–water partition coefficient (Wildman–Crippen LogP) is 3.15. The van der Waals surface area contributed by atoms with Gasteiger partial charge in [-0.25, -0.2) is 4.79 Å². The Morgan fingerprint density at radius 3 is 2.69 bits per heavy atom. The van der Waals surface area contributed by atoms with Crippen molar-refractivity contribution in [1.82, 2.24) is 5.32 Å². The van der Waals surface area contributed by atoms with E-state index in [0.29, 0.717) is 37.4 Å². The molecule has 2 aliphatic carbocycles. The summed E-state index contributed by atoms with van der Waals surface area (Å²) in [5, 5.41) is 2.86. The average Bonchev–Trinajstić information content (AvgIpc) is 3.17. The van der Waals surface area contributed by atoms with Gasteiger partial charge < -0.3 is 25.3 Å². The van der Waals surface area contributed by atoms with E-state index < -0.39 is 17.2 Å². The van der Waals surface area contributed by atoms with E-state index >= 15 is 0 Å². The van der Waals surface area contributed by atoms with Crippen LogP contribution in [0.25, 0.3) is 0 Å². The molecule has 0 aromatic rings. The molecule has 0 aromatic heterocycles. The van der Waals surface area contributed by atoms with Crippen LogP contribution in [0.3, 0.4) is 0 Å². The summed E-state index contributed by atoms with van der Waals surface area (Å²) >= 11 is 0. The largest absolute Gasteiger partial charge is 0.449 e. The van der Waals surface area contributed by atoms with Crippen LogP contribution in [0.5, 0.6) is 0 Å². The second kappa shape index (κ2) is 8.42. The quantitative estimate of drug-likeness (QED) is 0.644. The number of fused-ring (bicyclic) bond motifs is 1. The molecule has 0 saturated heterocycles. The maximum absolute atomic E-state index is 12.2. The number of nitrogens with one attached hydrogen (secondary N) is 1. The lowest BCUT2D eigenvalue weighted by Gasteiger charge is -2.31. The Morgan fingerprint density at radius 1 is 1.31 bits per heavy atom. The third-order valence-corrected chi connectivity index (χ3v) is 5.43. The molecule has 3 N–H and O–H groups in total. The molecule has 0 aliphatic heterocycles. The molecule has 1 fully saturated rings. The first kappa shape index (κ1) is 20.7. The second-order valence-corrected chi connectivity index (χ2v) is 8.91. The number of rotatable bonds is 8. The van der Waals surface area contributed by atoms with Crippen LogP contribution in [0.1, 0.15) is 59.8 Å². The summed E-state index contributed by atoms with van der Waals surface area (Å²) in [6.45, 7) is 8.25. The lowest BCUT2D eigenvalue weighted by Crippen LogP contribution is -2.49. The number of alkyl carbamates (subject to hydrolysis) is 1. The molecule has 0 aromatic carbocycles. The van der Waals surface area contributed by atoms with E-state index in [1.54, 1.807) is 0 Å². The minimum atomic E-state index is -0.569. The zero-order valence-corrected chi connectivity index (χ0v) is 16.5. The molecular weight excluding hydrogens is 332 g/mol. The van der Waals surface area contributed by atoms with Crippen molar-refractivity contribution in [3.8, 4) is 0 Å². The van der Waals surface area contributed by atoms with Crippen LogP contribution in [0, 0.1) is 17.8 Å². The fourth-order valence-corrected chi connectivity index (χ4v) is 3.68. The molecule has 2 rings (SSSR count). The van der Waals surface area contributed by atoms with Gasteiger partial charge in [-0.2, -0.15) is 0 Å². The summed E-state index contributed by atoms with van der Waals surface area (Å²) in [6.07, 6.45) is 7.08. The van der Waals surface area contributed by atoms with Crippen molar-refractivity contribution in [3.63, 3.8) is 0 Å². The van der Waals surface area contributed by atoms with Gasteiger partial charge in [-0.1, -0.05) is 6.08 Å². The zero-order chi connectivity index (χ0) is 19.4. The molecule has 148 valence electrons. The third kappa shape index (κ3) is 6.31. The SMILES string of the molecule is CC(C)(COC(C)(C)CC=O)NC(=O)OCC1C2CCC=C(N)CCC21. The number of amides is 1. The van der Waals surface area contributed by atoms with Crippen LogP contribution in [0.15, 0.2) is 11.8 Å². The molecule has 3 atom stereocenters. The van der Waals surface area contributed by atoms with Crippen LogP contribution >= 0.6 is 0 Å². The van der Waals surface area contributed by atoms with E-state index in [1.165, 1.54) is 0 Å². The van der Waals surface area contributed by atoms with E-state index in [0.717, 1.165) is 37.7 Å². The van der Waals surface area contributed by atoms with Gasteiger partial charge in [-0.05, 0) is 71.1 Å². The fraction of sp³-hybridized carbons (Fsp3) is 0.800. The van der Waals surface area contributed by atoms with Gasteiger partial charge in [-0.15, -0.1) is 0 Å². The molecule has 26 heavy (non-hydrogen) atoms. The van der Waals surface area contributed by atoms with E-state index in [2.05, 4.69) is 11.4 Å². The number of allylic oxidation sites excluding steroid dienone is 2. The number of hydrogen-bond donors (Lipinski definition) is 2. The van der Waals surface area contributed by atoms with Crippen LogP contribution in [0.2, 0.25) is 0 Å². The molecule has 6 heteroatoms. The van der Waals surface area contributed by atoms with Crippen LogP contribution in [-0.2, 0) is 14.3 Å². The van der Waals surface area contributed by atoms with Crippen molar-refractivity contribution in [3.05, 3.63) is 11.8 Å². The Hall–Kier alpha value is -1.56. The number of carbonyl (C=O) groups is 2. The van der Waals surface area contributed by atoms with Crippen LogP contribution in [-0.4, -0.2) is 36.7 Å². The van der Waals surface area contributed by atoms with Gasteiger partial charge in [0.15, 0.2) is 0 Å². The predicted molar refractivity (Wildman–Crippen MR) is 100 cm³/mol. The first-order chi connectivity index (χ1) is 12.1. The Balaban J connectivity index is 1.71. The summed E-state index contributed by atoms with van der Waals surface area (Å²) in [7, 11) is 0. The van der Waals surface area contributed by atoms with Crippen molar-refractivity contribution in [2.75, 3.05) is 13.2 Å². The highest BCUT2D eigenvalue weighted by atomic mass is 16.6. The van der Waals surface area contributed by atoms with Gasteiger partial charge in [0.05, 0.1) is 24.4 Å². The minimum Gasteiger partial charge on any atom is -0.449 e. The lowest BCUT2D eigenvalue weighted by molar-refractivity contribution is -0.115. The molecule has 1 saturated carbocycles. The number of carbonyl (C=O) groups excluding carboxylic acids is 2. The number of hydrogen-bond acceptors (Lipinski definition) is 5. The van der Waals surface area contributed by atoms with Gasteiger partial charge in [0.2, 0.25) is 0 Å². The van der Waals surface area contributed by atoms with Gasteiger partial charge in [-0.3, -0.25) is 0 Å². The summed E-state index contributed by atoms with van der Waals surface area (Å²) in [5.74, 6) is 1.76. The Morgan fingerprint density at radius 2 is 2.00 bits per heavy atom. The highest BCUT2D eigenvalue weighted by Crippen LogP contribution is 2.53. The maximum atomic E-state index is 12.2. The van der Waals surface area contributed by atoms with E-state index in [-0.39, 0.29) is 0 Å². The standard InChI is InChI=1S/C20H34N2O4/c1-19(2,13-26-20(3,4)10-11-23)22-18(24)25-12-17-15-7-5-6-14(21)8-9-16(15)17/h6,11,15-17H,5,7-10,12-13,21H2,1-4H3,(H,22,24). The van der Waals surface area contributed by atoms with E-state index in [9.17, 15) is 9.59 Å². The third-order valence-electron chi connectivity index (χ3n) is 5.43. The van der Waals surface area contributed by atoms with Crippen molar-refractivity contribution < 1.29 is 19.1 Å². The van der Waals surface area contributed by atoms with Crippen molar-refractivity contribution in [2.24, 2.45) is 23.5 Å². The first-order valence-electron chi connectivity index (χ1n) is 9.60. The zero-order valence-electron chi connectivity index (χ0n) is 16.5. The lowest BCUT2D eigenvalue weighted by atomic mass is 10.0. The van der Waals surface area contributed by atoms with Gasteiger partial charge in [0.25, 0.3) is 0 Å². The summed E-state index contributed by atoms with van der Waals surface area (Å²) < 4.78 is 11.2. The first-order valence-corrected chi connectivity index (χ1v) is 9.60. The molecular formula is C20H34N2O4. The number of nitrogens with two attached hydrogens (primary N) is 1. The number of aldehydes is 1. The molecule has 0 radical (unpaired) electrons. The Bertz CT molecular complexity index is 542. The molecule has 0 bridgehead atoms. The Kier molecular flexibility index (Phi) is 6.72. The van der Waals surface area contributed by atoms with Crippen molar-refractivity contribution in [1.29, 1.82) is 0 Å². The molecule has 2 aliphatic rings. The van der Waals surface area contributed by atoms with Gasteiger partial charge in [0, 0.05) is 12.1 Å². The average molecular weight is 367 g/mol. The Labute approximate surface area is 156 Å². The van der Waals surface area contributed by atoms with Crippen molar-refractivity contribution in [2.45, 2.75) is 70.9 Å². The van der Waals surface area contributed by atoms with E-state index in [4.69, 9.17) is 15.2 Å². The molecule has 6 nitrogen and oxygen atoms in total. The van der Waals surface area contributed by atoms with Crippen molar-refractivity contribution >= 4 is 12.4 Å². The van der Waals surface area contributed by atoms with Gasteiger partial charge in [0.1, 0.15) is 6.29 Å². The maximum Gasteiger partial charge on any atom is 0.407 e. The summed E-state index contributed by atoms with van der Waals surface area (Å²) in [4.78, 5) is 22.8. The summed E-state index contributed by atoms with van der Waals surface area (Å²) in [5.41, 5.74) is 5.82. The molecule has 3 unspecified atom stereocenters. The summed E-state index contributed by atoms with van der Waals surface area (Å²) in [6, 6.07) is 0. The topological polar surface area (TPSA) is 90.6 Å². The van der Waals surface area contributed by atoms with Crippen LogP contribution in [0.4, 0.5) is 4.79 Å². The van der Waals surface area contributed by atoms with Gasteiger partial charge >= 0.3 is 6.09 Å². The normalized spacial score (nSPS) is 26.0.